The highest BCUT2D eigenvalue weighted by atomic mass is 16.6. The highest BCUT2D eigenvalue weighted by Gasteiger charge is 2.40. The average Bonchev–Trinajstić information content (AvgIpc) is 3.03. The van der Waals surface area contributed by atoms with Crippen LogP contribution in [0.4, 0.5) is 4.79 Å². The first kappa shape index (κ1) is 17.3. The van der Waals surface area contributed by atoms with Crippen molar-refractivity contribution in [2.75, 3.05) is 0 Å². The summed E-state index contributed by atoms with van der Waals surface area (Å²) in [5.41, 5.74) is -0.426. The third-order valence-electron chi connectivity index (χ3n) is 3.82. The second-order valence-corrected chi connectivity index (χ2v) is 7.12. The topological polar surface area (TPSA) is 50.4 Å². The Hall–Kier alpha value is -0.770. The summed E-state index contributed by atoms with van der Waals surface area (Å²) >= 11 is 0. The van der Waals surface area contributed by atoms with Gasteiger partial charge in [-0.3, -0.25) is 0 Å². The molecule has 0 aromatic rings. The Morgan fingerprint density at radius 1 is 1.25 bits per heavy atom. The zero-order valence-electron chi connectivity index (χ0n) is 14.0. The minimum Gasteiger partial charge on any atom is -0.444 e. The molecule has 4 atom stereocenters. The monoisotopic (exact) mass is 284 g/mol. The van der Waals surface area contributed by atoms with Crippen molar-refractivity contribution in [3.8, 4) is 0 Å². The van der Waals surface area contributed by atoms with Crippen LogP contribution in [0.15, 0.2) is 0 Å². The van der Waals surface area contributed by atoms with Crippen LogP contribution in [0, 0.1) is 5.92 Å². The summed E-state index contributed by atoms with van der Waals surface area (Å²) in [6.45, 7) is 12.4. The molecule has 1 aliphatic rings. The zero-order valence-corrected chi connectivity index (χ0v) is 14.0. The molecule has 1 fully saturated rings. The average molecular weight is 284 g/mol. The van der Waals surface area contributed by atoms with E-state index in [4.69, 9.17) is 4.74 Å². The van der Waals surface area contributed by atoms with Gasteiger partial charge in [0.05, 0.1) is 0 Å². The quantitative estimate of drug-likeness (QED) is 0.753. The molecule has 1 rings (SSSR count). The van der Waals surface area contributed by atoms with Crippen molar-refractivity contribution in [2.45, 2.75) is 91.0 Å². The molecular formula is C16H32N2O2. The number of nitrogens with one attached hydrogen (secondary N) is 2. The summed E-state index contributed by atoms with van der Waals surface area (Å²) in [5, 5.41) is 6.59. The molecule has 2 N–H and O–H groups in total. The van der Waals surface area contributed by atoms with E-state index >= 15 is 0 Å². The van der Waals surface area contributed by atoms with E-state index in [1.54, 1.807) is 0 Å². The van der Waals surface area contributed by atoms with Crippen molar-refractivity contribution in [2.24, 2.45) is 5.92 Å². The third-order valence-corrected chi connectivity index (χ3v) is 3.82. The molecule has 118 valence electrons. The molecule has 4 heteroatoms. The van der Waals surface area contributed by atoms with Crippen LogP contribution in [-0.4, -0.2) is 29.8 Å². The van der Waals surface area contributed by atoms with Gasteiger partial charge in [-0.1, -0.05) is 27.2 Å². The number of hydrogen-bond acceptors (Lipinski definition) is 3. The van der Waals surface area contributed by atoms with E-state index in [1.807, 2.05) is 20.8 Å². The molecule has 0 aliphatic heterocycles. The van der Waals surface area contributed by atoms with Gasteiger partial charge in [-0.05, 0) is 46.0 Å². The summed E-state index contributed by atoms with van der Waals surface area (Å²) in [7, 11) is 0. The predicted octanol–water partition coefficient (Wildman–Crippen LogP) is 3.46. The maximum atomic E-state index is 11.7. The lowest BCUT2D eigenvalue weighted by molar-refractivity contribution is 0.0521. The molecular weight excluding hydrogens is 252 g/mol. The van der Waals surface area contributed by atoms with Crippen molar-refractivity contribution < 1.29 is 9.53 Å². The van der Waals surface area contributed by atoms with Crippen LogP contribution in [0.3, 0.4) is 0 Å². The van der Waals surface area contributed by atoms with Crippen molar-refractivity contribution >= 4 is 6.09 Å². The van der Waals surface area contributed by atoms with Crippen molar-refractivity contribution in [3.63, 3.8) is 0 Å². The first-order valence-corrected chi connectivity index (χ1v) is 8.00. The molecule has 0 radical (unpaired) electrons. The fraction of sp³-hybridized carbons (Fsp3) is 0.938. The molecule has 0 heterocycles. The van der Waals surface area contributed by atoms with Gasteiger partial charge in [-0.25, -0.2) is 4.79 Å². The van der Waals surface area contributed by atoms with Crippen LogP contribution in [0.1, 0.15) is 67.2 Å². The number of carbonyl (C=O) groups excluding carboxylic acids is 1. The lowest BCUT2D eigenvalue weighted by Gasteiger charge is -2.21. The minimum atomic E-state index is -0.426. The predicted molar refractivity (Wildman–Crippen MR) is 82.8 cm³/mol. The van der Waals surface area contributed by atoms with Gasteiger partial charge in [0.25, 0.3) is 0 Å². The Kier molecular flexibility index (Phi) is 6.31. The fourth-order valence-electron chi connectivity index (χ4n) is 2.31. The van der Waals surface area contributed by atoms with E-state index in [9.17, 15) is 4.79 Å². The summed E-state index contributed by atoms with van der Waals surface area (Å²) in [5.74, 6) is 0.753. The van der Waals surface area contributed by atoms with Gasteiger partial charge in [0.2, 0.25) is 0 Å². The molecule has 4 unspecified atom stereocenters. The molecule has 1 aliphatic carbocycles. The Labute approximate surface area is 124 Å². The van der Waals surface area contributed by atoms with E-state index in [2.05, 4.69) is 31.4 Å². The van der Waals surface area contributed by atoms with E-state index in [0.29, 0.717) is 12.1 Å². The highest BCUT2D eigenvalue weighted by Crippen LogP contribution is 2.24. The van der Waals surface area contributed by atoms with Gasteiger partial charge in [0.15, 0.2) is 0 Å². The van der Waals surface area contributed by atoms with Gasteiger partial charge in [0, 0.05) is 18.1 Å². The second-order valence-electron chi connectivity index (χ2n) is 7.12. The smallest absolute Gasteiger partial charge is 0.407 e. The molecule has 0 spiro atoms. The van der Waals surface area contributed by atoms with E-state index in [1.165, 1.54) is 12.8 Å². The number of ether oxygens (including phenoxy) is 1. The second kappa shape index (κ2) is 7.30. The van der Waals surface area contributed by atoms with Crippen LogP contribution >= 0.6 is 0 Å². The zero-order chi connectivity index (χ0) is 15.3. The summed E-state index contributed by atoms with van der Waals surface area (Å²) < 4.78 is 5.27. The number of hydrogen-bond donors (Lipinski definition) is 2. The van der Waals surface area contributed by atoms with Gasteiger partial charge < -0.3 is 15.4 Å². The summed E-state index contributed by atoms with van der Waals surface area (Å²) in [4.78, 5) is 11.7. The van der Waals surface area contributed by atoms with Gasteiger partial charge in [0.1, 0.15) is 5.60 Å². The van der Waals surface area contributed by atoms with Crippen LogP contribution < -0.4 is 10.6 Å². The number of amides is 1. The van der Waals surface area contributed by atoms with Crippen molar-refractivity contribution in [3.05, 3.63) is 0 Å². The first-order valence-electron chi connectivity index (χ1n) is 8.00. The van der Waals surface area contributed by atoms with Gasteiger partial charge >= 0.3 is 6.09 Å². The highest BCUT2D eigenvalue weighted by molar-refractivity contribution is 5.68. The summed E-state index contributed by atoms with van der Waals surface area (Å²) in [6.07, 6.45) is 4.28. The molecule has 1 amide bonds. The number of carbonyl (C=O) groups is 1. The Morgan fingerprint density at radius 3 is 2.40 bits per heavy atom. The maximum Gasteiger partial charge on any atom is 0.407 e. The van der Waals surface area contributed by atoms with E-state index in [-0.39, 0.29) is 12.1 Å². The van der Waals surface area contributed by atoms with Gasteiger partial charge in [-0.2, -0.15) is 0 Å². The molecule has 0 saturated heterocycles. The van der Waals surface area contributed by atoms with Crippen molar-refractivity contribution in [1.82, 2.24) is 10.6 Å². The largest absolute Gasteiger partial charge is 0.444 e. The van der Waals surface area contributed by atoms with Crippen LogP contribution in [0.5, 0.6) is 0 Å². The molecule has 1 saturated carbocycles. The molecule has 0 bridgehead atoms. The van der Waals surface area contributed by atoms with E-state index < -0.39 is 5.60 Å². The SMILES string of the molecule is CCC(C)CC(CC)NC1CC1NC(=O)OC(C)(C)C. The van der Waals surface area contributed by atoms with Crippen LogP contribution in [0.2, 0.25) is 0 Å². The first-order chi connectivity index (χ1) is 9.25. The van der Waals surface area contributed by atoms with Crippen LogP contribution in [0.25, 0.3) is 0 Å². The van der Waals surface area contributed by atoms with Gasteiger partial charge in [-0.15, -0.1) is 0 Å². The third kappa shape index (κ3) is 6.60. The molecule has 0 aromatic carbocycles. The molecule has 4 nitrogen and oxygen atoms in total. The molecule has 0 aromatic heterocycles. The van der Waals surface area contributed by atoms with Crippen molar-refractivity contribution in [1.29, 1.82) is 0 Å². The molecule has 20 heavy (non-hydrogen) atoms. The standard InChI is InChI=1S/C16H32N2O2/c1-7-11(3)9-12(8-2)17-13-10-14(13)18-15(19)20-16(4,5)6/h11-14,17H,7-10H2,1-6H3,(H,18,19). The minimum absolute atomic E-state index is 0.232. The maximum absolute atomic E-state index is 11.7. The number of alkyl carbamates (subject to hydrolysis) is 1. The number of rotatable bonds is 7. The Balaban J connectivity index is 2.27. The lowest BCUT2D eigenvalue weighted by atomic mass is 9.98. The van der Waals surface area contributed by atoms with E-state index in [0.717, 1.165) is 18.8 Å². The Bertz CT molecular complexity index is 312. The fourth-order valence-corrected chi connectivity index (χ4v) is 2.31. The summed E-state index contributed by atoms with van der Waals surface area (Å²) in [6, 6.07) is 1.20. The Morgan fingerprint density at radius 2 is 1.90 bits per heavy atom. The lowest BCUT2D eigenvalue weighted by Crippen LogP contribution is -2.39. The van der Waals surface area contributed by atoms with Crippen LogP contribution in [-0.2, 0) is 4.74 Å². The normalized spacial score (nSPS) is 24.9.